The molecule has 0 aromatic heterocycles. The summed E-state index contributed by atoms with van der Waals surface area (Å²) in [7, 11) is 0. The van der Waals surface area contributed by atoms with Gasteiger partial charge in [0.2, 0.25) is 0 Å². The number of benzene rings is 1. The average molecular weight is 377 g/mol. The van der Waals surface area contributed by atoms with Gasteiger partial charge in [0.15, 0.2) is 0 Å². The third kappa shape index (κ3) is 5.89. The summed E-state index contributed by atoms with van der Waals surface area (Å²) in [6, 6.07) is 6.84. The second kappa shape index (κ2) is 7.88. The molecule has 6 heteroatoms. The predicted octanol–water partition coefficient (Wildman–Crippen LogP) is 3.03. The fraction of sp³-hybridized carbons (Fsp3) is 0.375. The summed E-state index contributed by atoms with van der Waals surface area (Å²) in [6.07, 6.45) is 3.54. The van der Waals surface area contributed by atoms with Crippen LogP contribution in [-0.4, -0.2) is 28.4 Å². The van der Waals surface area contributed by atoms with Crippen molar-refractivity contribution < 1.29 is 47.7 Å². The third-order valence-corrected chi connectivity index (χ3v) is 3.26. The quantitative estimate of drug-likeness (QED) is 0.705. The molecule has 1 aliphatic carbocycles. The molecule has 1 aliphatic rings. The summed E-state index contributed by atoms with van der Waals surface area (Å²) in [5, 5.41) is 21.3. The Balaban J connectivity index is 0.00000242. The molecule has 0 spiro atoms. The van der Waals surface area contributed by atoms with Crippen molar-refractivity contribution >= 4 is 17.4 Å². The SMILES string of the molecule is CC1(C)CC(Nc2ccc(O)cc2)=CC(=NCC(=O)O)C1.[Y]. The van der Waals surface area contributed by atoms with Gasteiger partial charge in [0.25, 0.3) is 0 Å². The molecule has 0 amide bonds. The summed E-state index contributed by atoms with van der Waals surface area (Å²) >= 11 is 0. The number of phenolic OH excluding ortho intramolecular Hbond substituents is 1. The number of aliphatic imine (C=N–C) groups is 1. The zero-order chi connectivity index (χ0) is 15.5. The summed E-state index contributed by atoms with van der Waals surface area (Å²) in [6.45, 7) is 4.07. The van der Waals surface area contributed by atoms with E-state index in [0.717, 1.165) is 29.9 Å². The Morgan fingerprint density at radius 2 is 1.91 bits per heavy atom. The van der Waals surface area contributed by atoms with Crippen molar-refractivity contribution in [3.8, 4) is 5.75 Å². The molecule has 115 valence electrons. The topological polar surface area (TPSA) is 81.9 Å². The Kier molecular flexibility index (Phi) is 6.76. The van der Waals surface area contributed by atoms with Crippen molar-refractivity contribution in [2.24, 2.45) is 10.4 Å². The Labute approximate surface area is 155 Å². The van der Waals surface area contributed by atoms with E-state index in [0.29, 0.717) is 0 Å². The Hall–Kier alpha value is -1.20. The van der Waals surface area contributed by atoms with E-state index in [9.17, 15) is 9.90 Å². The number of nitrogens with zero attached hydrogens (tertiary/aromatic N) is 1. The standard InChI is InChI=1S/C16H20N2O3.Y/c1-16(2)8-12(17-10-15(20)21)7-13(9-16)18-11-3-5-14(19)6-4-11;/h3-7,18-19H,8-10H2,1-2H3,(H,20,21);. The van der Waals surface area contributed by atoms with Gasteiger partial charge in [0.05, 0.1) is 0 Å². The van der Waals surface area contributed by atoms with E-state index in [1.807, 2.05) is 6.08 Å². The van der Waals surface area contributed by atoms with Crippen LogP contribution in [0, 0.1) is 5.41 Å². The van der Waals surface area contributed by atoms with Crippen LogP contribution in [0.25, 0.3) is 0 Å². The molecule has 0 atom stereocenters. The zero-order valence-electron chi connectivity index (χ0n) is 12.8. The summed E-state index contributed by atoms with van der Waals surface area (Å²) in [5.74, 6) is -0.700. The molecule has 22 heavy (non-hydrogen) atoms. The van der Waals surface area contributed by atoms with E-state index in [1.54, 1.807) is 24.3 Å². The number of allylic oxidation sites excluding steroid dienone is 2. The van der Waals surface area contributed by atoms with Crippen LogP contribution in [0.5, 0.6) is 5.75 Å². The van der Waals surface area contributed by atoms with Crippen LogP contribution in [0.2, 0.25) is 0 Å². The minimum atomic E-state index is -0.924. The van der Waals surface area contributed by atoms with Crippen molar-refractivity contribution in [2.45, 2.75) is 26.7 Å². The van der Waals surface area contributed by atoms with Crippen LogP contribution >= 0.6 is 0 Å². The molecule has 0 heterocycles. The first kappa shape index (κ1) is 18.9. The van der Waals surface area contributed by atoms with Gasteiger partial charge in [-0.25, -0.2) is 0 Å². The summed E-state index contributed by atoms with van der Waals surface area (Å²) < 4.78 is 0. The minimum Gasteiger partial charge on any atom is -0.508 e. The fourth-order valence-corrected chi connectivity index (χ4v) is 2.45. The smallest absolute Gasteiger partial charge is 0.325 e. The Bertz CT molecular complexity index is 592. The van der Waals surface area contributed by atoms with Gasteiger partial charge in [-0.05, 0) is 48.6 Å². The molecular formula is C16H20N2O3Y. The van der Waals surface area contributed by atoms with E-state index in [4.69, 9.17) is 5.11 Å². The molecule has 1 aromatic carbocycles. The summed E-state index contributed by atoms with van der Waals surface area (Å²) in [5.41, 5.74) is 2.72. The van der Waals surface area contributed by atoms with Gasteiger partial charge in [0.1, 0.15) is 12.3 Å². The van der Waals surface area contributed by atoms with E-state index in [1.165, 1.54) is 0 Å². The van der Waals surface area contributed by atoms with Crippen molar-refractivity contribution in [1.82, 2.24) is 0 Å². The largest absolute Gasteiger partial charge is 0.508 e. The predicted molar refractivity (Wildman–Crippen MR) is 82.8 cm³/mol. The van der Waals surface area contributed by atoms with Crippen LogP contribution in [0.1, 0.15) is 26.7 Å². The third-order valence-electron chi connectivity index (χ3n) is 3.26. The number of hydrogen-bond donors (Lipinski definition) is 3. The van der Waals surface area contributed by atoms with Gasteiger partial charge < -0.3 is 15.5 Å². The number of rotatable bonds is 4. The molecule has 0 saturated carbocycles. The first-order valence-corrected chi connectivity index (χ1v) is 6.86. The number of nitrogens with one attached hydrogen (secondary N) is 1. The van der Waals surface area contributed by atoms with Crippen LogP contribution < -0.4 is 5.32 Å². The molecule has 2 rings (SSSR count). The maximum atomic E-state index is 10.6. The van der Waals surface area contributed by atoms with Gasteiger partial charge in [-0.15, -0.1) is 0 Å². The molecular weight excluding hydrogens is 357 g/mol. The molecule has 0 aliphatic heterocycles. The molecule has 5 nitrogen and oxygen atoms in total. The molecule has 1 aromatic rings. The molecule has 3 N–H and O–H groups in total. The van der Waals surface area contributed by atoms with Gasteiger partial charge >= 0.3 is 5.97 Å². The molecule has 0 unspecified atom stereocenters. The van der Waals surface area contributed by atoms with E-state index < -0.39 is 5.97 Å². The van der Waals surface area contributed by atoms with Crippen molar-refractivity contribution in [3.05, 3.63) is 36.0 Å². The average Bonchev–Trinajstić information content (AvgIpc) is 2.37. The first-order chi connectivity index (χ1) is 9.84. The monoisotopic (exact) mass is 377 g/mol. The van der Waals surface area contributed by atoms with Crippen LogP contribution in [0.4, 0.5) is 5.69 Å². The second-order valence-electron chi connectivity index (χ2n) is 6.06. The number of carboxylic acid groups (broad SMARTS) is 1. The van der Waals surface area contributed by atoms with Crippen molar-refractivity contribution in [2.75, 3.05) is 11.9 Å². The normalized spacial score (nSPS) is 18.3. The van der Waals surface area contributed by atoms with Gasteiger partial charge in [0, 0.05) is 49.8 Å². The van der Waals surface area contributed by atoms with Crippen LogP contribution in [0.3, 0.4) is 0 Å². The van der Waals surface area contributed by atoms with E-state index in [-0.39, 0.29) is 50.4 Å². The molecule has 0 fully saturated rings. The zero-order valence-corrected chi connectivity index (χ0v) is 15.7. The number of carboxylic acids is 1. The molecule has 1 radical (unpaired) electrons. The van der Waals surface area contributed by atoms with E-state index >= 15 is 0 Å². The molecule has 0 saturated heterocycles. The maximum Gasteiger partial charge on any atom is 0.325 e. The van der Waals surface area contributed by atoms with Crippen LogP contribution in [-0.2, 0) is 37.5 Å². The van der Waals surface area contributed by atoms with Gasteiger partial charge in [-0.1, -0.05) is 13.8 Å². The fourth-order valence-electron chi connectivity index (χ4n) is 2.45. The number of aliphatic carboxylic acids is 1. The van der Waals surface area contributed by atoms with Gasteiger partial charge in [-0.3, -0.25) is 9.79 Å². The molecule has 0 bridgehead atoms. The number of phenols is 1. The second-order valence-corrected chi connectivity index (χ2v) is 6.06. The Morgan fingerprint density at radius 1 is 1.27 bits per heavy atom. The van der Waals surface area contributed by atoms with E-state index in [2.05, 4.69) is 24.2 Å². The minimum absolute atomic E-state index is 0. The number of hydrogen-bond acceptors (Lipinski definition) is 4. The van der Waals surface area contributed by atoms with Crippen LogP contribution in [0.15, 0.2) is 41.0 Å². The summed E-state index contributed by atoms with van der Waals surface area (Å²) in [4.78, 5) is 14.8. The number of carbonyl (C=O) groups is 1. The van der Waals surface area contributed by atoms with Gasteiger partial charge in [-0.2, -0.15) is 0 Å². The van der Waals surface area contributed by atoms with Crippen molar-refractivity contribution in [1.29, 1.82) is 0 Å². The maximum absolute atomic E-state index is 10.6. The van der Waals surface area contributed by atoms with Crippen molar-refractivity contribution in [3.63, 3.8) is 0 Å². The Morgan fingerprint density at radius 3 is 2.50 bits per heavy atom. The number of anilines is 1. The first-order valence-electron chi connectivity index (χ1n) is 6.86. The number of aromatic hydroxyl groups is 1.